The van der Waals surface area contributed by atoms with Crippen molar-refractivity contribution in [2.75, 3.05) is 0 Å². The first-order valence-corrected chi connectivity index (χ1v) is 10.7. The van der Waals surface area contributed by atoms with Crippen molar-refractivity contribution in [3.63, 3.8) is 0 Å². The first kappa shape index (κ1) is 19.6. The van der Waals surface area contributed by atoms with Gasteiger partial charge in [0.05, 0.1) is 39.5 Å². The zero-order chi connectivity index (χ0) is 20.0. The van der Waals surface area contributed by atoms with Gasteiger partial charge in [0.1, 0.15) is 11.9 Å². The highest BCUT2D eigenvalue weighted by molar-refractivity contribution is 7.98. The molecule has 0 saturated heterocycles. The van der Waals surface area contributed by atoms with E-state index < -0.39 is 5.97 Å². The van der Waals surface area contributed by atoms with Gasteiger partial charge in [0.25, 0.3) is 5.82 Å². The molecule has 0 fully saturated rings. The SMILES string of the molecule is CC(C)c1nccc2c1n(Sc1ccc(Cl)c(Cl)c1)c1[n+]2CC[C@H]1CC(=O)O. The Hall–Kier alpha value is -1.76. The summed E-state index contributed by atoms with van der Waals surface area (Å²) >= 11 is 13.8. The van der Waals surface area contributed by atoms with Gasteiger partial charge in [-0.05, 0) is 24.6 Å². The van der Waals surface area contributed by atoms with Gasteiger partial charge in [-0.15, -0.1) is 0 Å². The lowest BCUT2D eigenvalue weighted by Crippen LogP contribution is -2.32. The number of carbonyl (C=O) groups is 1. The topological polar surface area (TPSA) is 59.0 Å². The van der Waals surface area contributed by atoms with Crippen LogP contribution in [0.2, 0.25) is 10.0 Å². The molecule has 8 heteroatoms. The maximum absolute atomic E-state index is 11.4. The molecule has 5 nitrogen and oxygen atoms in total. The van der Waals surface area contributed by atoms with Crippen molar-refractivity contribution in [2.24, 2.45) is 0 Å². The number of hydrogen-bond acceptors (Lipinski definition) is 3. The van der Waals surface area contributed by atoms with Gasteiger partial charge in [-0.25, -0.2) is 4.57 Å². The molecular weight excluding hydrogens is 417 g/mol. The van der Waals surface area contributed by atoms with Gasteiger partial charge in [-0.1, -0.05) is 37.0 Å². The number of carboxylic acid groups (broad SMARTS) is 1. The predicted octanol–water partition coefficient (Wildman–Crippen LogP) is 5.27. The summed E-state index contributed by atoms with van der Waals surface area (Å²) in [7, 11) is 0. The third kappa shape index (κ3) is 3.38. The first-order chi connectivity index (χ1) is 13.4. The molecule has 2 aromatic heterocycles. The van der Waals surface area contributed by atoms with Crippen LogP contribution in [-0.2, 0) is 11.3 Å². The number of aryl methyl sites for hydroxylation is 1. The molecule has 1 atom stereocenters. The first-order valence-electron chi connectivity index (χ1n) is 9.15. The molecule has 0 saturated carbocycles. The van der Waals surface area contributed by atoms with Crippen LogP contribution in [-0.4, -0.2) is 20.0 Å². The number of aromatic nitrogens is 3. The van der Waals surface area contributed by atoms with Gasteiger partial charge in [0, 0.05) is 18.2 Å². The lowest BCUT2D eigenvalue weighted by Gasteiger charge is -2.09. The summed E-state index contributed by atoms with van der Waals surface area (Å²) in [5.74, 6) is 0.436. The maximum Gasteiger partial charge on any atom is 0.304 e. The lowest BCUT2D eigenvalue weighted by atomic mass is 10.0. The van der Waals surface area contributed by atoms with E-state index in [1.54, 1.807) is 6.07 Å². The van der Waals surface area contributed by atoms with Crippen LogP contribution >= 0.6 is 35.1 Å². The van der Waals surface area contributed by atoms with Crippen molar-refractivity contribution in [1.29, 1.82) is 0 Å². The van der Waals surface area contributed by atoms with E-state index in [9.17, 15) is 9.90 Å². The fraction of sp³-hybridized carbons (Fsp3) is 0.350. The number of hydrogen-bond donors (Lipinski definition) is 1. The zero-order valence-corrected chi connectivity index (χ0v) is 17.9. The summed E-state index contributed by atoms with van der Waals surface area (Å²) < 4.78 is 4.39. The molecular formula is C20H20Cl2N3O2S+. The molecule has 0 bridgehead atoms. The van der Waals surface area contributed by atoms with Gasteiger partial charge in [-0.3, -0.25) is 9.78 Å². The molecule has 0 amide bonds. The van der Waals surface area contributed by atoms with Crippen molar-refractivity contribution < 1.29 is 14.5 Å². The number of imidazole rings is 1. The Balaban J connectivity index is 1.93. The van der Waals surface area contributed by atoms with E-state index in [0.717, 1.165) is 40.4 Å². The van der Waals surface area contributed by atoms with Gasteiger partial charge in [-0.2, -0.15) is 3.97 Å². The number of fused-ring (bicyclic) bond motifs is 3. The molecule has 3 heterocycles. The van der Waals surface area contributed by atoms with Crippen LogP contribution in [0.15, 0.2) is 35.4 Å². The Morgan fingerprint density at radius 1 is 1.36 bits per heavy atom. The number of carboxylic acids is 1. The van der Waals surface area contributed by atoms with Crippen molar-refractivity contribution >= 4 is 52.2 Å². The summed E-state index contributed by atoms with van der Waals surface area (Å²) in [5.41, 5.74) is 3.13. The maximum atomic E-state index is 11.4. The Morgan fingerprint density at radius 3 is 2.82 bits per heavy atom. The predicted molar refractivity (Wildman–Crippen MR) is 111 cm³/mol. The Labute approximate surface area is 177 Å². The minimum atomic E-state index is -0.781. The van der Waals surface area contributed by atoms with Crippen LogP contribution in [0.4, 0.5) is 0 Å². The summed E-state index contributed by atoms with van der Waals surface area (Å²) in [4.78, 5) is 17.0. The molecule has 3 aromatic rings. The molecule has 1 aliphatic heterocycles. The van der Waals surface area contributed by atoms with E-state index in [1.807, 2.05) is 24.4 Å². The minimum Gasteiger partial charge on any atom is -0.481 e. The lowest BCUT2D eigenvalue weighted by molar-refractivity contribution is -0.665. The minimum absolute atomic E-state index is 0.0415. The molecule has 1 N–H and O–H groups in total. The van der Waals surface area contributed by atoms with Crippen molar-refractivity contribution in [2.45, 2.75) is 50.0 Å². The third-order valence-electron chi connectivity index (χ3n) is 5.03. The van der Waals surface area contributed by atoms with Crippen LogP contribution < -0.4 is 4.57 Å². The molecule has 4 rings (SSSR count). The highest BCUT2D eigenvalue weighted by Crippen LogP contribution is 2.39. The zero-order valence-electron chi connectivity index (χ0n) is 15.5. The molecule has 0 radical (unpaired) electrons. The van der Waals surface area contributed by atoms with Crippen molar-refractivity contribution in [3.05, 3.63) is 52.0 Å². The second-order valence-corrected chi connectivity index (χ2v) is 9.11. The van der Waals surface area contributed by atoms with E-state index in [4.69, 9.17) is 23.2 Å². The fourth-order valence-electron chi connectivity index (χ4n) is 3.83. The van der Waals surface area contributed by atoms with Crippen molar-refractivity contribution in [1.82, 2.24) is 8.96 Å². The van der Waals surface area contributed by atoms with Gasteiger partial charge in [0.15, 0.2) is 5.52 Å². The molecule has 1 aliphatic rings. The number of rotatable bonds is 5. The van der Waals surface area contributed by atoms with E-state index in [2.05, 4.69) is 27.4 Å². The Morgan fingerprint density at radius 2 is 2.14 bits per heavy atom. The number of aliphatic carboxylic acids is 1. The van der Waals surface area contributed by atoms with Gasteiger partial charge < -0.3 is 5.11 Å². The summed E-state index contributed by atoms with van der Waals surface area (Å²) in [6.07, 6.45) is 2.77. The van der Waals surface area contributed by atoms with Crippen LogP contribution in [0, 0.1) is 0 Å². The second-order valence-electron chi connectivity index (χ2n) is 7.27. The fourth-order valence-corrected chi connectivity index (χ4v) is 5.32. The van der Waals surface area contributed by atoms with Crippen LogP contribution in [0.3, 0.4) is 0 Å². The number of benzene rings is 1. The molecule has 1 aromatic carbocycles. The third-order valence-corrected chi connectivity index (χ3v) is 6.79. The smallest absolute Gasteiger partial charge is 0.304 e. The summed E-state index contributed by atoms with van der Waals surface area (Å²) in [5, 5.41) is 10.4. The second kappa shape index (κ2) is 7.58. The standard InChI is InChI=1S/C20H19Cl2N3O2S/c1-11(2)18-19-16(5-7-23-18)24-8-6-12(9-17(26)27)20(24)25(19)28-13-3-4-14(21)15(22)10-13/h3-5,7,10-12H,6,8-9H2,1-2H3/p+1/t12-/m0/s1. The van der Waals surface area contributed by atoms with Gasteiger partial charge in [0.2, 0.25) is 5.52 Å². The van der Waals surface area contributed by atoms with Crippen LogP contribution in [0.5, 0.6) is 0 Å². The van der Waals surface area contributed by atoms with Crippen LogP contribution in [0.25, 0.3) is 11.0 Å². The highest BCUT2D eigenvalue weighted by atomic mass is 35.5. The average molecular weight is 437 g/mol. The summed E-state index contributed by atoms with van der Waals surface area (Å²) in [6, 6.07) is 7.56. The van der Waals surface area contributed by atoms with E-state index >= 15 is 0 Å². The van der Waals surface area contributed by atoms with E-state index in [0.29, 0.717) is 10.0 Å². The number of nitrogens with zero attached hydrogens (tertiary/aromatic N) is 3. The highest BCUT2D eigenvalue weighted by Gasteiger charge is 2.40. The quantitative estimate of drug-likeness (QED) is 0.553. The Kier molecular flexibility index (Phi) is 5.29. The average Bonchev–Trinajstić information content (AvgIpc) is 3.17. The molecule has 28 heavy (non-hydrogen) atoms. The normalized spacial score (nSPS) is 16.1. The molecule has 0 unspecified atom stereocenters. The number of pyridine rings is 1. The van der Waals surface area contributed by atoms with Crippen LogP contribution in [0.1, 0.15) is 50.0 Å². The Bertz CT molecular complexity index is 1080. The summed E-state index contributed by atoms with van der Waals surface area (Å²) in [6.45, 7) is 5.04. The molecule has 146 valence electrons. The largest absolute Gasteiger partial charge is 0.481 e. The van der Waals surface area contributed by atoms with Crippen molar-refractivity contribution in [3.8, 4) is 0 Å². The van der Waals surface area contributed by atoms with E-state index in [-0.39, 0.29) is 18.3 Å². The number of halogens is 2. The molecule has 0 spiro atoms. The van der Waals surface area contributed by atoms with Gasteiger partial charge >= 0.3 is 5.97 Å². The monoisotopic (exact) mass is 436 g/mol. The molecule has 0 aliphatic carbocycles. The van der Waals surface area contributed by atoms with E-state index in [1.165, 1.54) is 11.9 Å².